The Morgan fingerprint density at radius 2 is 1.22 bits per heavy atom. The van der Waals surface area contributed by atoms with Gasteiger partial charge in [0.05, 0.1) is 19.8 Å². The van der Waals surface area contributed by atoms with Crippen LogP contribution in [0.15, 0.2) is 12.2 Å². The zero-order valence-corrected chi connectivity index (χ0v) is 18.0. The van der Waals surface area contributed by atoms with E-state index in [0.29, 0.717) is 39.5 Å². The number of ether oxygens (including phenoxy) is 3. The van der Waals surface area contributed by atoms with Crippen molar-refractivity contribution in [3.8, 4) is 0 Å². The number of hydrogen-bond acceptors (Lipinski definition) is 4. The summed E-state index contributed by atoms with van der Waals surface area (Å²) in [5, 5.41) is 0. The molecule has 0 N–H and O–H groups in total. The van der Waals surface area contributed by atoms with Crippen LogP contribution in [0.2, 0.25) is 0 Å². The monoisotopic (exact) mass is 384 g/mol. The molecule has 0 saturated heterocycles. The first-order valence-electron chi connectivity index (χ1n) is 11.3. The predicted octanol–water partition coefficient (Wildman–Crippen LogP) is 6.23. The van der Waals surface area contributed by atoms with Gasteiger partial charge in [-0.05, 0) is 39.0 Å². The molecule has 0 aromatic rings. The Kier molecular flexibility index (Phi) is 22.4. The van der Waals surface area contributed by atoms with E-state index in [9.17, 15) is 4.79 Å². The van der Waals surface area contributed by atoms with Gasteiger partial charge in [0.2, 0.25) is 0 Å². The largest absolute Gasteiger partial charge is 0.463 e. The number of esters is 1. The molecule has 0 heterocycles. The average Bonchev–Trinajstić information content (AvgIpc) is 2.67. The van der Waals surface area contributed by atoms with E-state index in [1.807, 2.05) is 6.92 Å². The van der Waals surface area contributed by atoms with Gasteiger partial charge in [0, 0.05) is 13.0 Å². The van der Waals surface area contributed by atoms with E-state index in [1.54, 1.807) is 0 Å². The van der Waals surface area contributed by atoms with Gasteiger partial charge in [-0.25, -0.2) is 0 Å². The second kappa shape index (κ2) is 23.2. The molecule has 0 aromatic carbocycles. The molecule has 0 aromatic heterocycles. The third kappa shape index (κ3) is 23.1. The Morgan fingerprint density at radius 1 is 0.667 bits per heavy atom. The summed E-state index contributed by atoms with van der Waals surface area (Å²) in [5.74, 6) is -0.106. The van der Waals surface area contributed by atoms with Crippen LogP contribution >= 0.6 is 0 Å². The highest BCUT2D eigenvalue weighted by Gasteiger charge is 2.02. The lowest BCUT2D eigenvalue weighted by Gasteiger charge is -2.06. The number of carbonyl (C=O) groups is 1. The minimum Gasteiger partial charge on any atom is -0.463 e. The van der Waals surface area contributed by atoms with E-state index in [0.717, 1.165) is 12.8 Å². The van der Waals surface area contributed by atoms with Gasteiger partial charge in [-0.1, -0.05) is 64.0 Å². The number of carbonyl (C=O) groups excluding carboxylic acids is 1. The molecule has 0 unspecified atom stereocenters. The van der Waals surface area contributed by atoms with Crippen molar-refractivity contribution in [2.75, 3.05) is 33.0 Å². The fraction of sp³-hybridized carbons (Fsp3) is 0.870. The molecule has 0 aliphatic rings. The topological polar surface area (TPSA) is 44.8 Å². The lowest BCUT2D eigenvalue weighted by molar-refractivity contribution is -0.145. The van der Waals surface area contributed by atoms with Gasteiger partial charge in [-0.3, -0.25) is 4.79 Å². The van der Waals surface area contributed by atoms with Gasteiger partial charge in [-0.2, -0.15) is 0 Å². The number of hydrogen-bond donors (Lipinski definition) is 0. The Hall–Kier alpha value is -0.870. The molecule has 27 heavy (non-hydrogen) atoms. The maximum atomic E-state index is 11.6. The molecule has 0 rings (SSSR count). The number of unbranched alkanes of at least 4 members (excludes halogenated alkanes) is 10. The number of allylic oxidation sites excluding steroid dienone is 2. The summed E-state index contributed by atoms with van der Waals surface area (Å²) in [6.45, 7) is 6.86. The standard InChI is InChI=1S/C23H44O4/c1-3-5-6-7-8-9-10-11-12-13-14-15-16-17-18-23(24)27-22-21-26-20-19-25-4-2/h10-11H,3-9,12-22H2,1-2H3/b11-10+. The molecule has 0 fully saturated rings. The van der Waals surface area contributed by atoms with Crippen LogP contribution in [-0.2, 0) is 19.0 Å². The van der Waals surface area contributed by atoms with Gasteiger partial charge in [-0.15, -0.1) is 0 Å². The molecule has 0 bridgehead atoms. The predicted molar refractivity (Wildman–Crippen MR) is 113 cm³/mol. The molecular weight excluding hydrogens is 340 g/mol. The first kappa shape index (κ1) is 26.1. The summed E-state index contributed by atoms with van der Waals surface area (Å²) in [5.41, 5.74) is 0. The van der Waals surface area contributed by atoms with E-state index in [2.05, 4.69) is 19.1 Å². The summed E-state index contributed by atoms with van der Waals surface area (Å²) < 4.78 is 15.6. The third-order valence-corrected chi connectivity index (χ3v) is 4.46. The average molecular weight is 385 g/mol. The van der Waals surface area contributed by atoms with Crippen LogP contribution in [0.1, 0.15) is 97.3 Å². The molecule has 0 aliphatic carbocycles. The maximum absolute atomic E-state index is 11.6. The van der Waals surface area contributed by atoms with E-state index in [-0.39, 0.29) is 5.97 Å². The Morgan fingerprint density at radius 3 is 1.89 bits per heavy atom. The van der Waals surface area contributed by atoms with Crippen LogP contribution in [0.4, 0.5) is 0 Å². The van der Waals surface area contributed by atoms with Gasteiger partial charge < -0.3 is 14.2 Å². The molecule has 0 spiro atoms. The van der Waals surface area contributed by atoms with Gasteiger partial charge in [0.15, 0.2) is 0 Å². The van der Waals surface area contributed by atoms with Crippen molar-refractivity contribution >= 4 is 5.97 Å². The normalized spacial score (nSPS) is 11.3. The SMILES string of the molecule is CCCCCCC/C=C/CCCCCCCC(=O)OCCOCCOCC. The maximum Gasteiger partial charge on any atom is 0.305 e. The Labute approximate surface area is 168 Å². The van der Waals surface area contributed by atoms with Crippen molar-refractivity contribution in [1.82, 2.24) is 0 Å². The minimum absolute atomic E-state index is 0.106. The summed E-state index contributed by atoms with van der Waals surface area (Å²) in [7, 11) is 0. The van der Waals surface area contributed by atoms with Crippen molar-refractivity contribution in [3.05, 3.63) is 12.2 Å². The van der Waals surface area contributed by atoms with Crippen molar-refractivity contribution in [3.63, 3.8) is 0 Å². The Bertz CT molecular complexity index is 328. The second-order valence-electron chi connectivity index (χ2n) is 7.01. The lowest BCUT2D eigenvalue weighted by atomic mass is 10.1. The molecular formula is C23H44O4. The number of rotatable bonds is 21. The Balaban J connectivity index is 3.19. The molecule has 0 amide bonds. The highest BCUT2D eigenvalue weighted by atomic mass is 16.6. The smallest absolute Gasteiger partial charge is 0.305 e. The summed E-state index contributed by atoms with van der Waals surface area (Å²) >= 11 is 0. The van der Waals surface area contributed by atoms with Crippen LogP contribution in [0.5, 0.6) is 0 Å². The van der Waals surface area contributed by atoms with Crippen molar-refractivity contribution < 1.29 is 19.0 Å². The molecule has 160 valence electrons. The molecule has 0 saturated carbocycles. The van der Waals surface area contributed by atoms with E-state index in [4.69, 9.17) is 14.2 Å². The van der Waals surface area contributed by atoms with Crippen LogP contribution in [0.25, 0.3) is 0 Å². The fourth-order valence-corrected chi connectivity index (χ4v) is 2.81. The minimum atomic E-state index is -0.106. The van der Waals surface area contributed by atoms with E-state index in [1.165, 1.54) is 64.2 Å². The molecule has 0 atom stereocenters. The van der Waals surface area contributed by atoms with Crippen LogP contribution in [-0.4, -0.2) is 39.0 Å². The molecule has 0 aliphatic heterocycles. The summed E-state index contributed by atoms with van der Waals surface area (Å²) in [6.07, 6.45) is 20.2. The van der Waals surface area contributed by atoms with E-state index < -0.39 is 0 Å². The van der Waals surface area contributed by atoms with Gasteiger partial charge in [0.1, 0.15) is 6.61 Å². The highest BCUT2D eigenvalue weighted by molar-refractivity contribution is 5.69. The van der Waals surface area contributed by atoms with Crippen LogP contribution in [0, 0.1) is 0 Å². The zero-order chi connectivity index (χ0) is 19.8. The first-order chi connectivity index (χ1) is 13.3. The molecule has 4 heteroatoms. The van der Waals surface area contributed by atoms with Gasteiger partial charge in [0.25, 0.3) is 0 Å². The van der Waals surface area contributed by atoms with Crippen LogP contribution in [0.3, 0.4) is 0 Å². The molecule has 0 radical (unpaired) electrons. The lowest BCUT2D eigenvalue weighted by Crippen LogP contribution is -2.12. The van der Waals surface area contributed by atoms with Crippen LogP contribution < -0.4 is 0 Å². The second-order valence-corrected chi connectivity index (χ2v) is 7.01. The first-order valence-corrected chi connectivity index (χ1v) is 11.3. The van der Waals surface area contributed by atoms with Gasteiger partial charge >= 0.3 is 5.97 Å². The summed E-state index contributed by atoms with van der Waals surface area (Å²) in [6, 6.07) is 0. The molecule has 4 nitrogen and oxygen atoms in total. The van der Waals surface area contributed by atoms with Crippen molar-refractivity contribution in [1.29, 1.82) is 0 Å². The fourth-order valence-electron chi connectivity index (χ4n) is 2.81. The van der Waals surface area contributed by atoms with E-state index >= 15 is 0 Å². The van der Waals surface area contributed by atoms with Crippen molar-refractivity contribution in [2.45, 2.75) is 97.3 Å². The van der Waals surface area contributed by atoms with Crippen molar-refractivity contribution in [2.24, 2.45) is 0 Å². The summed E-state index contributed by atoms with van der Waals surface area (Å²) in [4.78, 5) is 11.6. The highest BCUT2D eigenvalue weighted by Crippen LogP contribution is 2.09. The quantitative estimate of drug-likeness (QED) is 0.134. The third-order valence-electron chi connectivity index (χ3n) is 4.46. The zero-order valence-electron chi connectivity index (χ0n) is 18.0.